The van der Waals surface area contributed by atoms with Crippen molar-refractivity contribution in [2.24, 2.45) is 0 Å². The number of carbonyl (C=O) groups is 1. The van der Waals surface area contributed by atoms with Crippen molar-refractivity contribution in [2.75, 3.05) is 38.7 Å². The number of hydrogen-bond acceptors (Lipinski definition) is 6. The van der Waals surface area contributed by atoms with Crippen molar-refractivity contribution in [2.45, 2.75) is 25.4 Å². The molecule has 3 rings (SSSR count). The second-order valence-corrected chi connectivity index (χ2v) is 6.26. The number of aromatic nitrogens is 2. The molecule has 1 aliphatic rings. The van der Waals surface area contributed by atoms with Gasteiger partial charge in [0.1, 0.15) is 12.4 Å². The van der Waals surface area contributed by atoms with Crippen LogP contribution < -0.4 is 5.32 Å². The van der Waals surface area contributed by atoms with Crippen LogP contribution in [-0.4, -0.2) is 54.5 Å². The summed E-state index contributed by atoms with van der Waals surface area (Å²) in [6.07, 6.45) is 1.43. The Morgan fingerprint density at radius 1 is 1.33 bits per heavy atom. The minimum absolute atomic E-state index is 0.124. The van der Waals surface area contributed by atoms with E-state index in [9.17, 15) is 9.18 Å². The quantitative estimate of drug-likeness (QED) is 0.745. The number of likely N-dealkylation sites (tertiary alicyclic amines) is 1. The Labute approximate surface area is 156 Å². The highest BCUT2D eigenvalue weighted by Gasteiger charge is 2.27. The van der Waals surface area contributed by atoms with Crippen molar-refractivity contribution in [3.8, 4) is 0 Å². The molecule has 1 N–H and O–H groups in total. The van der Waals surface area contributed by atoms with Crippen LogP contribution in [0.2, 0.25) is 0 Å². The number of rotatable bonds is 7. The highest BCUT2D eigenvalue weighted by Crippen LogP contribution is 2.26. The van der Waals surface area contributed by atoms with Crippen LogP contribution in [0.5, 0.6) is 0 Å². The summed E-state index contributed by atoms with van der Waals surface area (Å²) < 4.78 is 29.1. The van der Waals surface area contributed by atoms with Gasteiger partial charge < -0.3 is 24.2 Å². The number of hydrogen-bond donors (Lipinski definition) is 1. The Kier molecular flexibility index (Phi) is 6.72. The zero-order valence-corrected chi connectivity index (χ0v) is 15.2. The second kappa shape index (κ2) is 9.43. The van der Waals surface area contributed by atoms with E-state index in [0.717, 1.165) is 0 Å². The monoisotopic (exact) mass is 378 g/mol. The zero-order valence-electron chi connectivity index (χ0n) is 15.2. The van der Waals surface area contributed by atoms with E-state index in [0.29, 0.717) is 50.9 Å². The summed E-state index contributed by atoms with van der Waals surface area (Å²) in [5.74, 6) is 0.738. The molecule has 2 amide bonds. The molecule has 27 heavy (non-hydrogen) atoms. The maximum absolute atomic E-state index is 13.7. The SMILES string of the molecule is COCCOCc1nc(C2CCN(C(=O)Nc3ccccc3F)CC2)no1. The number of anilines is 1. The third-order valence-corrected chi connectivity index (χ3v) is 4.40. The van der Waals surface area contributed by atoms with Gasteiger partial charge in [0.2, 0.25) is 0 Å². The summed E-state index contributed by atoms with van der Waals surface area (Å²) in [5, 5.41) is 6.63. The lowest BCUT2D eigenvalue weighted by Gasteiger charge is -2.30. The minimum Gasteiger partial charge on any atom is -0.382 e. The highest BCUT2D eigenvalue weighted by atomic mass is 19.1. The molecular formula is C18H23FN4O4. The molecule has 146 valence electrons. The largest absolute Gasteiger partial charge is 0.382 e. The Morgan fingerprint density at radius 2 is 2.11 bits per heavy atom. The lowest BCUT2D eigenvalue weighted by atomic mass is 9.96. The lowest BCUT2D eigenvalue weighted by molar-refractivity contribution is 0.0494. The smallest absolute Gasteiger partial charge is 0.321 e. The molecule has 1 aliphatic heterocycles. The number of carbonyl (C=O) groups excluding carboxylic acids is 1. The molecule has 0 atom stereocenters. The summed E-state index contributed by atoms with van der Waals surface area (Å²) in [6, 6.07) is 5.80. The van der Waals surface area contributed by atoms with Gasteiger partial charge in [-0.25, -0.2) is 9.18 Å². The third kappa shape index (κ3) is 5.24. The number of halogens is 1. The van der Waals surface area contributed by atoms with Crippen molar-refractivity contribution in [3.63, 3.8) is 0 Å². The molecule has 9 heteroatoms. The summed E-state index contributed by atoms with van der Waals surface area (Å²) in [6.45, 7) is 2.30. The molecule has 8 nitrogen and oxygen atoms in total. The summed E-state index contributed by atoms with van der Waals surface area (Å²) in [7, 11) is 1.61. The average molecular weight is 378 g/mol. The normalized spacial score (nSPS) is 15.1. The number of ether oxygens (including phenoxy) is 2. The Balaban J connectivity index is 1.46. The van der Waals surface area contributed by atoms with Crippen LogP contribution in [0.15, 0.2) is 28.8 Å². The van der Waals surface area contributed by atoms with E-state index in [4.69, 9.17) is 14.0 Å². The van der Waals surface area contributed by atoms with Crippen LogP contribution in [0, 0.1) is 5.82 Å². The molecule has 1 aromatic carbocycles. The fourth-order valence-electron chi connectivity index (χ4n) is 2.89. The number of methoxy groups -OCH3 is 1. The van der Waals surface area contributed by atoms with Crippen LogP contribution in [0.25, 0.3) is 0 Å². The van der Waals surface area contributed by atoms with Gasteiger partial charge in [-0.3, -0.25) is 0 Å². The van der Waals surface area contributed by atoms with Gasteiger partial charge >= 0.3 is 6.03 Å². The number of nitrogens with one attached hydrogen (secondary N) is 1. The van der Waals surface area contributed by atoms with Crippen molar-refractivity contribution >= 4 is 11.7 Å². The maximum atomic E-state index is 13.7. The fourth-order valence-corrected chi connectivity index (χ4v) is 2.89. The van der Waals surface area contributed by atoms with Gasteiger partial charge in [0.25, 0.3) is 5.89 Å². The molecule has 0 radical (unpaired) electrons. The summed E-state index contributed by atoms with van der Waals surface area (Å²) >= 11 is 0. The molecule has 1 saturated heterocycles. The van der Waals surface area contributed by atoms with E-state index in [1.54, 1.807) is 24.1 Å². The van der Waals surface area contributed by atoms with Gasteiger partial charge in [-0.1, -0.05) is 17.3 Å². The highest BCUT2D eigenvalue weighted by molar-refractivity contribution is 5.89. The average Bonchev–Trinajstić information content (AvgIpc) is 3.16. The predicted molar refractivity (Wildman–Crippen MR) is 94.8 cm³/mol. The van der Waals surface area contributed by atoms with Gasteiger partial charge in [-0.05, 0) is 25.0 Å². The maximum Gasteiger partial charge on any atom is 0.321 e. The number of nitrogens with zero attached hydrogens (tertiary/aromatic N) is 3. The van der Waals surface area contributed by atoms with Crippen molar-refractivity contribution in [1.82, 2.24) is 15.0 Å². The van der Waals surface area contributed by atoms with Crippen LogP contribution in [-0.2, 0) is 16.1 Å². The first-order valence-corrected chi connectivity index (χ1v) is 8.87. The van der Waals surface area contributed by atoms with Gasteiger partial charge in [0.05, 0.1) is 18.9 Å². The fraction of sp³-hybridized carbons (Fsp3) is 0.500. The van der Waals surface area contributed by atoms with Crippen LogP contribution in [0.1, 0.15) is 30.5 Å². The van der Waals surface area contributed by atoms with E-state index in [1.165, 1.54) is 12.1 Å². The van der Waals surface area contributed by atoms with Gasteiger partial charge in [-0.15, -0.1) is 0 Å². The molecule has 0 unspecified atom stereocenters. The molecule has 0 saturated carbocycles. The van der Waals surface area contributed by atoms with E-state index in [-0.39, 0.29) is 24.2 Å². The first-order chi connectivity index (χ1) is 13.2. The number of amides is 2. The first-order valence-electron chi connectivity index (χ1n) is 8.87. The zero-order chi connectivity index (χ0) is 19.1. The molecular weight excluding hydrogens is 355 g/mol. The molecule has 0 bridgehead atoms. The number of urea groups is 1. The van der Waals surface area contributed by atoms with E-state index in [1.807, 2.05) is 0 Å². The van der Waals surface area contributed by atoms with Crippen molar-refractivity contribution in [1.29, 1.82) is 0 Å². The summed E-state index contributed by atoms with van der Waals surface area (Å²) in [5.41, 5.74) is 0.181. The molecule has 2 heterocycles. The van der Waals surface area contributed by atoms with E-state index < -0.39 is 5.82 Å². The predicted octanol–water partition coefficient (Wildman–Crippen LogP) is 2.78. The number of piperidine rings is 1. The molecule has 1 aromatic heterocycles. The number of para-hydroxylation sites is 1. The topological polar surface area (TPSA) is 89.7 Å². The van der Waals surface area contributed by atoms with E-state index in [2.05, 4.69) is 15.5 Å². The Bertz CT molecular complexity index is 746. The second-order valence-electron chi connectivity index (χ2n) is 6.26. The van der Waals surface area contributed by atoms with Crippen LogP contribution >= 0.6 is 0 Å². The van der Waals surface area contributed by atoms with E-state index >= 15 is 0 Å². The van der Waals surface area contributed by atoms with Crippen LogP contribution in [0.4, 0.5) is 14.9 Å². The third-order valence-electron chi connectivity index (χ3n) is 4.40. The Hall–Kier alpha value is -2.52. The summed E-state index contributed by atoms with van der Waals surface area (Å²) in [4.78, 5) is 18.3. The standard InChI is InChI=1S/C18H23FN4O4/c1-25-10-11-26-12-16-21-17(22-27-16)13-6-8-23(9-7-13)18(24)20-15-5-3-2-4-14(15)19/h2-5,13H,6-12H2,1H3,(H,20,24). The number of benzene rings is 1. The molecule has 0 aliphatic carbocycles. The molecule has 2 aromatic rings. The van der Waals surface area contributed by atoms with Crippen LogP contribution in [0.3, 0.4) is 0 Å². The van der Waals surface area contributed by atoms with Gasteiger partial charge in [0, 0.05) is 26.1 Å². The van der Waals surface area contributed by atoms with Gasteiger partial charge in [-0.2, -0.15) is 4.98 Å². The first kappa shape index (κ1) is 19.2. The molecule has 1 fully saturated rings. The van der Waals surface area contributed by atoms with Gasteiger partial charge in [0.15, 0.2) is 5.82 Å². The molecule has 0 spiro atoms. The van der Waals surface area contributed by atoms with Crippen molar-refractivity contribution in [3.05, 3.63) is 41.8 Å². The Morgan fingerprint density at radius 3 is 2.85 bits per heavy atom. The minimum atomic E-state index is -0.451. The van der Waals surface area contributed by atoms with Crippen molar-refractivity contribution < 1.29 is 23.2 Å². The lowest BCUT2D eigenvalue weighted by Crippen LogP contribution is -2.40.